The lowest BCUT2D eigenvalue weighted by Crippen LogP contribution is -2.37. The van der Waals surface area contributed by atoms with Crippen molar-refractivity contribution in [1.82, 2.24) is 15.1 Å². The number of methoxy groups -OCH3 is 1. The molecule has 0 amide bonds. The molecule has 1 aromatic rings. The molecule has 1 aromatic heterocycles. The zero-order valence-corrected chi connectivity index (χ0v) is 13.1. The molecule has 0 aliphatic carbocycles. The molecule has 3 atom stereocenters. The van der Waals surface area contributed by atoms with Crippen LogP contribution in [0.25, 0.3) is 0 Å². The highest BCUT2D eigenvalue weighted by Crippen LogP contribution is 2.35. The summed E-state index contributed by atoms with van der Waals surface area (Å²) in [6.07, 6.45) is 4.22. The fourth-order valence-corrected chi connectivity index (χ4v) is 2.91. The van der Waals surface area contributed by atoms with Crippen molar-refractivity contribution in [2.45, 2.75) is 52.3 Å². The monoisotopic (exact) mass is 281 g/mol. The molecule has 1 aliphatic heterocycles. The van der Waals surface area contributed by atoms with Gasteiger partial charge in [0, 0.05) is 13.2 Å². The Bertz CT molecular complexity index is 398. The van der Waals surface area contributed by atoms with Crippen LogP contribution in [-0.2, 0) is 11.3 Å². The van der Waals surface area contributed by atoms with Gasteiger partial charge in [-0.05, 0) is 32.2 Å². The smallest absolute Gasteiger partial charge is 0.161 e. The van der Waals surface area contributed by atoms with Gasteiger partial charge >= 0.3 is 0 Å². The van der Waals surface area contributed by atoms with Crippen molar-refractivity contribution >= 4 is 0 Å². The molecule has 1 N–H and O–H groups in total. The van der Waals surface area contributed by atoms with E-state index >= 15 is 0 Å². The molecule has 2 rings (SSSR count). The first-order valence-corrected chi connectivity index (χ1v) is 7.67. The van der Waals surface area contributed by atoms with Crippen LogP contribution in [0.3, 0.4) is 0 Å². The predicted octanol–water partition coefficient (Wildman–Crippen LogP) is 2.38. The molecule has 0 saturated carbocycles. The van der Waals surface area contributed by atoms with Gasteiger partial charge in [-0.2, -0.15) is 5.10 Å². The highest BCUT2D eigenvalue weighted by molar-refractivity contribution is 5.29. The Morgan fingerprint density at radius 2 is 2.35 bits per heavy atom. The summed E-state index contributed by atoms with van der Waals surface area (Å²) in [5.41, 5.74) is 1.11. The molecule has 0 aromatic carbocycles. The second-order valence-corrected chi connectivity index (χ2v) is 5.45. The number of hydrogen-bond donors (Lipinski definition) is 1. The number of nitrogens with one attached hydrogen (secondary N) is 1. The van der Waals surface area contributed by atoms with Crippen LogP contribution in [0.15, 0.2) is 6.20 Å². The van der Waals surface area contributed by atoms with E-state index in [2.05, 4.69) is 31.2 Å². The van der Waals surface area contributed by atoms with Crippen molar-refractivity contribution < 1.29 is 9.47 Å². The Kier molecular flexibility index (Phi) is 5.43. The van der Waals surface area contributed by atoms with E-state index in [1.165, 1.54) is 0 Å². The van der Waals surface area contributed by atoms with Gasteiger partial charge in [0.2, 0.25) is 0 Å². The summed E-state index contributed by atoms with van der Waals surface area (Å²) in [5, 5.41) is 8.05. The molecule has 114 valence electrons. The number of rotatable bonds is 7. The summed E-state index contributed by atoms with van der Waals surface area (Å²) in [6, 6.07) is 0.143. The minimum Gasteiger partial charge on any atom is -0.493 e. The third-order valence-corrected chi connectivity index (χ3v) is 4.05. The van der Waals surface area contributed by atoms with Crippen LogP contribution in [0.5, 0.6) is 5.75 Å². The van der Waals surface area contributed by atoms with Gasteiger partial charge in [0.05, 0.1) is 31.1 Å². The van der Waals surface area contributed by atoms with E-state index in [0.717, 1.165) is 44.0 Å². The molecule has 1 aliphatic rings. The lowest BCUT2D eigenvalue weighted by Gasteiger charge is -2.28. The van der Waals surface area contributed by atoms with E-state index in [-0.39, 0.29) is 12.1 Å². The standard InChI is InChI=1S/C15H27N3O2/c1-5-8-16-13(15-11(3)7-9-20-15)14-12(19-4)10-17-18(14)6-2/h10-11,13,15-16H,5-9H2,1-4H3. The van der Waals surface area contributed by atoms with Crippen molar-refractivity contribution in [3.63, 3.8) is 0 Å². The molecule has 3 unspecified atom stereocenters. The summed E-state index contributed by atoms with van der Waals surface area (Å²) in [7, 11) is 1.70. The Morgan fingerprint density at radius 3 is 2.90 bits per heavy atom. The second-order valence-electron chi connectivity index (χ2n) is 5.45. The van der Waals surface area contributed by atoms with Gasteiger partial charge in [0.1, 0.15) is 0 Å². The Hall–Kier alpha value is -1.07. The Balaban J connectivity index is 2.32. The summed E-state index contributed by atoms with van der Waals surface area (Å²) in [5.74, 6) is 1.40. The van der Waals surface area contributed by atoms with Crippen LogP contribution in [0.2, 0.25) is 0 Å². The summed E-state index contributed by atoms with van der Waals surface area (Å²) in [6.45, 7) is 9.19. The van der Waals surface area contributed by atoms with E-state index in [0.29, 0.717) is 5.92 Å². The minimum atomic E-state index is 0.143. The van der Waals surface area contributed by atoms with Crippen LogP contribution in [0.1, 0.15) is 45.3 Å². The zero-order chi connectivity index (χ0) is 14.5. The summed E-state index contributed by atoms with van der Waals surface area (Å²) < 4.78 is 13.5. The number of ether oxygens (including phenoxy) is 2. The van der Waals surface area contributed by atoms with Crippen LogP contribution in [0, 0.1) is 5.92 Å². The zero-order valence-electron chi connectivity index (χ0n) is 13.1. The Morgan fingerprint density at radius 1 is 1.55 bits per heavy atom. The Labute approximate surface area is 121 Å². The van der Waals surface area contributed by atoms with Gasteiger partial charge in [-0.25, -0.2) is 0 Å². The molecular weight excluding hydrogens is 254 g/mol. The number of hydrogen-bond acceptors (Lipinski definition) is 4. The van der Waals surface area contributed by atoms with E-state index < -0.39 is 0 Å². The second kappa shape index (κ2) is 7.09. The van der Waals surface area contributed by atoms with Gasteiger partial charge in [-0.15, -0.1) is 0 Å². The lowest BCUT2D eigenvalue weighted by atomic mass is 9.95. The molecule has 2 heterocycles. The van der Waals surface area contributed by atoms with Crippen LogP contribution in [0.4, 0.5) is 0 Å². The average molecular weight is 281 g/mol. The van der Waals surface area contributed by atoms with E-state index in [1.807, 2.05) is 4.68 Å². The lowest BCUT2D eigenvalue weighted by molar-refractivity contribution is 0.0571. The summed E-state index contributed by atoms with van der Waals surface area (Å²) in [4.78, 5) is 0. The van der Waals surface area contributed by atoms with Crippen molar-refractivity contribution in [3.8, 4) is 5.75 Å². The van der Waals surface area contributed by atoms with Gasteiger partial charge in [-0.3, -0.25) is 4.68 Å². The maximum Gasteiger partial charge on any atom is 0.161 e. The first-order valence-electron chi connectivity index (χ1n) is 7.67. The topological polar surface area (TPSA) is 48.3 Å². The molecule has 5 heteroatoms. The van der Waals surface area contributed by atoms with Crippen LogP contribution >= 0.6 is 0 Å². The van der Waals surface area contributed by atoms with Gasteiger partial charge in [0.15, 0.2) is 5.75 Å². The number of nitrogens with zero attached hydrogens (tertiary/aromatic N) is 2. The van der Waals surface area contributed by atoms with E-state index in [4.69, 9.17) is 9.47 Å². The van der Waals surface area contributed by atoms with Crippen molar-refractivity contribution in [1.29, 1.82) is 0 Å². The third kappa shape index (κ3) is 2.99. The number of aryl methyl sites for hydroxylation is 1. The first kappa shape index (κ1) is 15.3. The molecule has 1 saturated heterocycles. The van der Waals surface area contributed by atoms with Gasteiger partial charge < -0.3 is 14.8 Å². The molecular formula is C15H27N3O2. The minimum absolute atomic E-state index is 0.143. The predicted molar refractivity (Wildman–Crippen MR) is 79.0 cm³/mol. The molecule has 0 radical (unpaired) electrons. The van der Waals surface area contributed by atoms with Crippen molar-refractivity contribution in [3.05, 3.63) is 11.9 Å². The molecule has 0 spiro atoms. The van der Waals surface area contributed by atoms with Crippen molar-refractivity contribution in [2.24, 2.45) is 5.92 Å². The summed E-state index contributed by atoms with van der Waals surface area (Å²) >= 11 is 0. The first-order chi connectivity index (χ1) is 9.72. The van der Waals surface area contributed by atoms with Crippen LogP contribution in [-0.4, -0.2) is 36.1 Å². The molecule has 0 bridgehead atoms. The van der Waals surface area contributed by atoms with E-state index in [9.17, 15) is 0 Å². The molecule has 20 heavy (non-hydrogen) atoms. The molecule has 5 nitrogen and oxygen atoms in total. The number of aromatic nitrogens is 2. The third-order valence-electron chi connectivity index (χ3n) is 4.05. The highest BCUT2D eigenvalue weighted by atomic mass is 16.5. The quantitative estimate of drug-likeness (QED) is 0.833. The average Bonchev–Trinajstić information content (AvgIpc) is 3.06. The van der Waals surface area contributed by atoms with E-state index in [1.54, 1.807) is 13.3 Å². The maximum atomic E-state index is 5.99. The van der Waals surface area contributed by atoms with Gasteiger partial charge in [-0.1, -0.05) is 13.8 Å². The normalized spacial score (nSPS) is 24.0. The SMILES string of the molecule is CCCNC(c1c(OC)cnn1CC)C1OCCC1C. The highest BCUT2D eigenvalue weighted by Gasteiger charge is 2.36. The fourth-order valence-electron chi connectivity index (χ4n) is 2.91. The van der Waals surface area contributed by atoms with Gasteiger partial charge in [0.25, 0.3) is 0 Å². The fraction of sp³-hybridized carbons (Fsp3) is 0.800. The van der Waals surface area contributed by atoms with Crippen LogP contribution < -0.4 is 10.1 Å². The largest absolute Gasteiger partial charge is 0.493 e. The molecule has 1 fully saturated rings. The maximum absolute atomic E-state index is 5.99. The van der Waals surface area contributed by atoms with Crippen molar-refractivity contribution in [2.75, 3.05) is 20.3 Å².